The van der Waals surface area contributed by atoms with E-state index in [1.165, 1.54) is 4.90 Å². The number of urea groups is 1. The van der Waals surface area contributed by atoms with Crippen molar-refractivity contribution in [2.24, 2.45) is 0 Å². The molecule has 0 aromatic carbocycles. The molecule has 17 heavy (non-hydrogen) atoms. The van der Waals surface area contributed by atoms with Crippen molar-refractivity contribution in [3.05, 3.63) is 17.5 Å². The fraction of sp³-hybridized carbons (Fsp3) is 0.455. The molecule has 0 radical (unpaired) electrons. The molecule has 0 aliphatic carbocycles. The molecule has 0 unspecified atom stereocenters. The summed E-state index contributed by atoms with van der Waals surface area (Å²) in [4.78, 5) is 26.8. The highest BCUT2D eigenvalue weighted by Gasteiger charge is 2.16. The highest BCUT2D eigenvalue weighted by molar-refractivity contribution is 5.99. The van der Waals surface area contributed by atoms with Crippen LogP contribution in [0.1, 0.15) is 29.5 Å². The molecule has 3 N–H and O–H groups in total. The predicted molar refractivity (Wildman–Crippen MR) is 64.4 cm³/mol. The number of rotatable bonds is 4. The number of H-pyrrole nitrogens is 1. The van der Waals surface area contributed by atoms with Gasteiger partial charge in [-0.05, 0) is 19.4 Å². The second-order valence-corrected chi connectivity index (χ2v) is 3.90. The lowest BCUT2D eigenvalue weighted by Gasteiger charge is -2.16. The van der Waals surface area contributed by atoms with E-state index in [-0.39, 0.29) is 11.7 Å². The van der Waals surface area contributed by atoms with Crippen LogP contribution in [0.4, 0.5) is 10.5 Å². The van der Waals surface area contributed by atoms with Crippen LogP contribution >= 0.6 is 0 Å². The molecule has 0 aliphatic heterocycles. The number of aromatic carboxylic acids is 1. The number of aromatic amines is 1. The molecule has 1 aromatic rings. The number of aromatic nitrogens is 1. The molecule has 0 saturated heterocycles. The van der Waals surface area contributed by atoms with E-state index in [1.807, 2.05) is 6.92 Å². The van der Waals surface area contributed by atoms with Crippen LogP contribution in [-0.4, -0.2) is 40.6 Å². The number of hydrogen-bond acceptors (Lipinski definition) is 2. The zero-order chi connectivity index (χ0) is 13.0. The van der Waals surface area contributed by atoms with E-state index in [4.69, 9.17) is 5.11 Å². The van der Waals surface area contributed by atoms with Crippen molar-refractivity contribution in [2.75, 3.05) is 18.9 Å². The highest BCUT2D eigenvalue weighted by Crippen LogP contribution is 2.17. The lowest BCUT2D eigenvalue weighted by Crippen LogP contribution is -2.32. The first kappa shape index (κ1) is 13.1. The summed E-state index contributed by atoms with van der Waals surface area (Å²) in [6.07, 6.45) is 0.849. The van der Waals surface area contributed by atoms with E-state index in [0.717, 1.165) is 6.42 Å². The van der Waals surface area contributed by atoms with Gasteiger partial charge >= 0.3 is 12.0 Å². The van der Waals surface area contributed by atoms with Gasteiger partial charge in [-0.25, -0.2) is 9.59 Å². The molecule has 1 rings (SSSR count). The van der Waals surface area contributed by atoms with Gasteiger partial charge in [0.1, 0.15) is 5.69 Å². The predicted octanol–water partition coefficient (Wildman–Crippen LogP) is 1.90. The molecule has 0 fully saturated rings. The summed E-state index contributed by atoms with van der Waals surface area (Å²) in [5.41, 5.74) is 0.986. The monoisotopic (exact) mass is 239 g/mol. The summed E-state index contributed by atoms with van der Waals surface area (Å²) in [5, 5.41) is 11.5. The van der Waals surface area contributed by atoms with E-state index in [1.54, 1.807) is 20.0 Å². The van der Waals surface area contributed by atoms with Gasteiger partial charge in [0.2, 0.25) is 0 Å². The second-order valence-electron chi connectivity index (χ2n) is 3.90. The third kappa shape index (κ3) is 3.24. The lowest BCUT2D eigenvalue weighted by atomic mass is 10.3. The van der Waals surface area contributed by atoms with Crippen molar-refractivity contribution in [3.8, 4) is 0 Å². The molecule has 6 nitrogen and oxygen atoms in total. The Bertz CT molecular complexity index is 426. The van der Waals surface area contributed by atoms with Gasteiger partial charge in [-0.1, -0.05) is 6.92 Å². The number of anilines is 1. The average molecular weight is 239 g/mol. The molecular weight excluding hydrogens is 222 g/mol. The average Bonchev–Trinajstić information content (AvgIpc) is 2.60. The smallest absolute Gasteiger partial charge is 0.354 e. The van der Waals surface area contributed by atoms with Crippen molar-refractivity contribution < 1.29 is 14.7 Å². The van der Waals surface area contributed by atoms with Gasteiger partial charge in [-0.15, -0.1) is 0 Å². The molecule has 0 aliphatic rings. The van der Waals surface area contributed by atoms with Crippen LogP contribution < -0.4 is 5.32 Å². The number of carbonyl (C=O) groups is 2. The molecule has 0 saturated carbocycles. The zero-order valence-electron chi connectivity index (χ0n) is 10.2. The van der Waals surface area contributed by atoms with Gasteiger partial charge < -0.3 is 20.3 Å². The van der Waals surface area contributed by atoms with Crippen molar-refractivity contribution in [1.29, 1.82) is 0 Å². The first-order valence-corrected chi connectivity index (χ1v) is 5.40. The maximum atomic E-state index is 11.7. The van der Waals surface area contributed by atoms with Crippen LogP contribution in [0, 0.1) is 6.92 Å². The van der Waals surface area contributed by atoms with Crippen LogP contribution in [0.2, 0.25) is 0 Å². The molecule has 1 aromatic heterocycles. The lowest BCUT2D eigenvalue weighted by molar-refractivity contribution is 0.0692. The van der Waals surface area contributed by atoms with E-state index in [9.17, 15) is 9.59 Å². The largest absolute Gasteiger partial charge is 0.477 e. The Hall–Kier alpha value is -1.98. The van der Waals surface area contributed by atoms with Crippen LogP contribution in [0.3, 0.4) is 0 Å². The number of carboxylic acid groups (broad SMARTS) is 1. The standard InChI is InChI=1S/C11H17N3O3/c1-4-5-14(3)11(17)13-8-6-7(2)12-9(8)10(15)16/h6,12H,4-5H2,1-3H3,(H,13,17)(H,15,16). The first-order chi connectivity index (χ1) is 7.95. The summed E-state index contributed by atoms with van der Waals surface area (Å²) in [7, 11) is 1.67. The van der Waals surface area contributed by atoms with Crippen LogP contribution in [0.25, 0.3) is 0 Å². The molecular formula is C11H17N3O3. The number of carboxylic acids is 1. The summed E-state index contributed by atoms with van der Waals surface area (Å²) >= 11 is 0. The molecule has 6 heteroatoms. The van der Waals surface area contributed by atoms with Crippen LogP contribution in [0.5, 0.6) is 0 Å². The Morgan fingerprint density at radius 1 is 1.53 bits per heavy atom. The van der Waals surface area contributed by atoms with Gasteiger partial charge in [0.05, 0.1) is 5.69 Å². The molecule has 1 heterocycles. The number of aryl methyl sites for hydroxylation is 1. The quantitative estimate of drug-likeness (QED) is 0.750. The van der Waals surface area contributed by atoms with E-state index in [2.05, 4.69) is 10.3 Å². The minimum absolute atomic E-state index is 0.000693. The van der Waals surface area contributed by atoms with Crippen molar-refractivity contribution >= 4 is 17.7 Å². The maximum absolute atomic E-state index is 11.7. The maximum Gasteiger partial charge on any atom is 0.354 e. The number of amides is 2. The highest BCUT2D eigenvalue weighted by atomic mass is 16.4. The Kier molecular flexibility index (Phi) is 4.14. The summed E-state index contributed by atoms with van der Waals surface area (Å²) in [6.45, 7) is 4.32. The van der Waals surface area contributed by atoms with E-state index < -0.39 is 5.97 Å². The van der Waals surface area contributed by atoms with Gasteiger partial charge in [0.15, 0.2) is 0 Å². The molecule has 0 bridgehead atoms. The molecule has 2 amide bonds. The van der Waals surface area contributed by atoms with Crippen molar-refractivity contribution in [3.63, 3.8) is 0 Å². The van der Waals surface area contributed by atoms with Crippen LogP contribution in [0.15, 0.2) is 6.07 Å². The van der Waals surface area contributed by atoms with Crippen LogP contribution in [-0.2, 0) is 0 Å². The number of nitrogens with one attached hydrogen (secondary N) is 2. The minimum Gasteiger partial charge on any atom is -0.477 e. The van der Waals surface area contributed by atoms with Gasteiger partial charge in [-0.2, -0.15) is 0 Å². The molecule has 94 valence electrons. The van der Waals surface area contributed by atoms with E-state index >= 15 is 0 Å². The van der Waals surface area contributed by atoms with E-state index in [0.29, 0.717) is 17.9 Å². The SMILES string of the molecule is CCCN(C)C(=O)Nc1cc(C)[nH]c1C(=O)O. The summed E-state index contributed by atoms with van der Waals surface area (Å²) < 4.78 is 0. The van der Waals surface area contributed by atoms with Crippen molar-refractivity contribution in [1.82, 2.24) is 9.88 Å². The second kappa shape index (κ2) is 5.38. The normalized spacial score (nSPS) is 10.1. The van der Waals surface area contributed by atoms with Crippen molar-refractivity contribution in [2.45, 2.75) is 20.3 Å². The minimum atomic E-state index is -1.09. The fourth-order valence-electron chi connectivity index (χ4n) is 1.50. The third-order valence-corrected chi connectivity index (χ3v) is 2.31. The third-order valence-electron chi connectivity index (χ3n) is 2.31. The Morgan fingerprint density at radius 3 is 2.71 bits per heavy atom. The Balaban J connectivity index is 2.81. The summed E-state index contributed by atoms with van der Waals surface area (Å²) in [5.74, 6) is -1.09. The van der Waals surface area contributed by atoms with Gasteiger partial charge in [0.25, 0.3) is 0 Å². The molecule has 0 spiro atoms. The Labute approximate surface area is 99.6 Å². The zero-order valence-corrected chi connectivity index (χ0v) is 10.2. The number of hydrogen-bond donors (Lipinski definition) is 3. The van der Waals surface area contributed by atoms with Gasteiger partial charge in [0, 0.05) is 19.3 Å². The fourth-order valence-corrected chi connectivity index (χ4v) is 1.50. The van der Waals surface area contributed by atoms with Gasteiger partial charge in [-0.3, -0.25) is 0 Å². The topological polar surface area (TPSA) is 85.4 Å². The summed E-state index contributed by atoms with van der Waals surface area (Å²) in [6, 6.07) is 1.29. The molecule has 0 atom stereocenters. The number of nitrogens with zero attached hydrogens (tertiary/aromatic N) is 1. The first-order valence-electron chi connectivity index (χ1n) is 5.40. The Morgan fingerprint density at radius 2 is 2.18 bits per heavy atom. The number of carbonyl (C=O) groups excluding carboxylic acids is 1.